The van der Waals surface area contributed by atoms with Crippen molar-refractivity contribution in [3.05, 3.63) is 17.5 Å². The second kappa shape index (κ2) is 6.69. The number of likely N-dealkylation sites (tertiary alicyclic amines) is 2. The van der Waals surface area contributed by atoms with Crippen LogP contribution in [0.25, 0.3) is 0 Å². The van der Waals surface area contributed by atoms with Crippen molar-refractivity contribution < 1.29 is 9.18 Å². The van der Waals surface area contributed by atoms with Crippen molar-refractivity contribution in [3.8, 4) is 0 Å². The fourth-order valence-electron chi connectivity index (χ4n) is 5.14. The number of amides is 1. The van der Waals surface area contributed by atoms with Gasteiger partial charge in [0.1, 0.15) is 0 Å². The average molecular weight is 373 g/mol. The molecule has 2 saturated heterocycles. The average Bonchev–Trinajstić information content (AvgIpc) is 3.35. The van der Waals surface area contributed by atoms with E-state index in [1.165, 1.54) is 31.5 Å². The summed E-state index contributed by atoms with van der Waals surface area (Å²) in [6.07, 6.45) is 7.04. The highest BCUT2D eigenvalue weighted by Crippen LogP contribution is 2.45. The van der Waals surface area contributed by atoms with E-state index in [-0.39, 0.29) is 11.8 Å². The summed E-state index contributed by atoms with van der Waals surface area (Å²) in [5.74, 6) is 0.985. The summed E-state index contributed by atoms with van der Waals surface area (Å²) in [5, 5.41) is 3.35. The Bertz CT molecular complexity index is 731. The molecule has 3 fully saturated rings. The molecule has 4 aliphatic rings. The summed E-state index contributed by atoms with van der Waals surface area (Å²) < 4.78 is 14.5. The van der Waals surface area contributed by atoms with Gasteiger partial charge < -0.3 is 15.1 Å². The van der Waals surface area contributed by atoms with Gasteiger partial charge in [0, 0.05) is 38.3 Å². The molecule has 0 aromatic carbocycles. The van der Waals surface area contributed by atoms with E-state index in [4.69, 9.17) is 4.98 Å². The number of alkyl halides is 1. The van der Waals surface area contributed by atoms with Crippen molar-refractivity contribution >= 4 is 11.9 Å². The zero-order valence-electron chi connectivity index (χ0n) is 15.8. The minimum absolute atomic E-state index is 0.231. The van der Waals surface area contributed by atoms with Gasteiger partial charge in [-0.2, -0.15) is 0 Å². The van der Waals surface area contributed by atoms with Crippen LogP contribution in [0.4, 0.5) is 10.3 Å². The zero-order chi connectivity index (χ0) is 18.4. The van der Waals surface area contributed by atoms with Gasteiger partial charge in [0.2, 0.25) is 5.95 Å². The van der Waals surface area contributed by atoms with Gasteiger partial charge in [0.05, 0.1) is 5.69 Å². The minimum atomic E-state index is -1.59. The number of rotatable bonds is 5. The molecule has 2 atom stereocenters. The first kappa shape index (κ1) is 17.3. The molecule has 7 heteroatoms. The first-order chi connectivity index (χ1) is 13.1. The molecule has 0 radical (unpaired) electrons. The largest absolute Gasteiger partial charge is 0.353 e. The SMILES string of the molecule is O=C(N1CC2Cc3cnc(NCCN4CCCC4)nc3C2C1)C1(F)CCC1. The third-order valence-corrected chi connectivity index (χ3v) is 6.90. The Morgan fingerprint density at radius 2 is 2.07 bits per heavy atom. The van der Waals surface area contributed by atoms with E-state index in [2.05, 4.69) is 15.2 Å². The zero-order valence-corrected chi connectivity index (χ0v) is 15.8. The molecule has 2 unspecified atom stereocenters. The van der Waals surface area contributed by atoms with E-state index in [1.54, 1.807) is 4.90 Å². The van der Waals surface area contributed by atoms with E-state index >= 15 is 0 Å². The number of hydrogen-bond acceptors (Lipinski definition) is 5. The van der Waals surface area contributed by atoms with E-state index in [9.17, 15) is 9.18 Å². The molecular formula is C20H28FN5O. The molecule has 3 heterocycles. The van der Waals surface area contributed by atoms with Crippen LogP contribution in [0.5, 0.6) is 0 Å². The second-order valence-corrected chi connectivity index (χ2v) is 8.68. The maximum Gasteiger partial charge on any atom is 0.260 e. The first-order valence-corrected chi connectivity index (χ1v) is 10.4. The van der Waals surface area contributed by atoms with Crippen LogP contribution in [-0.2, 0) is 11.2 Å². The number of anilines is 1. The molecule has 0 spiro atoms. The van der Waals surface area contributed by atoms with Gasteiger partial charge in [-0.15, -0.1) is 0 Å². The lowest BCUT2D eigenvalue weighted by atomic mass is 9.81. The number of carbonyl (C=O) groups is 1. The van der Waals surface area contributed by atoms with E-state index in [1.807, 2.05) is 6.20 Å². The first-order valence-electron chi connectivity index (χ1n) is 10.4. The van der Waals surface area contributed by atoms with Gasteiger partial charge in [-0.1, -0.05) is 0 Å². The molecule has 27 heavy (non-hydrogen) atoms. The van der Waals surface area contributed by atoms with Crippen LogP contribution in [-0.4, -0.2) is 70.6 Å². The van der Waals surface area contributed by atoms with Crippen LogP contribution in [0.2, 0.25) is 0 Å². The summed E-state index contributed by atoms with van der Waals surface area (Å²) in [4.78, 5) is 26.0. The molecule has 1 amide bonds. The molecule has 146 valence electrons. The number of fused-ring (bicyclic) bond motifs is 3. The maximum absolute atomic E-state index is 14.5. The molecule has 1 aromatic rings. The topological polar surface area (TPSA) is 61.4 Å². The van der Waals surface area contributed by atoms with Crippen molar-refractivity contribution in [3.63, 3.8) is 0 Å². The van der Waals surface area contributed by atoms with E-state index in [0.29, 0.717) is 37.8 Å². The van der Waals surface area contributed by atoms with Gasteiger partial charge in [0.15, 0.2) is 5.67 Å². The van der Waals surface area contributed by atoms with Crippen molar-refractivity contribution in [2.24, 2.45) is 5.92 Å². The Morgan fingerprint density at radius 3 is 2.81 bits per heavy atom. The Morgan fingerprint density at radius 1 is 1.26 bits per heavy atom. The van der Waals surface area contributed by atoms with Crippen LogP contribution < -0.4 is 5.32 Å². The molecule has 1 aromatic heterocycles. The van der Waals surface area contributed by atoms with Crippen molar-refractivity contribution in [2.45, 2.75) is 50.1 Å². The van der Waals surface area contributed by atoms with E-state index in [0.717, 1.165) is 31.6 Å². The fourth-order valence-corrected chi connectivity index (χ4v) is 5.14. The number of aromatic nitrogens is 2. The standard InChI is InChI=1S/C20H28FN5O/c21-20(4-3-5-20)18(27)26-12-15-10-14-11-23-19(24-17(14)16(15)13-26)22-6-9-25-7-1-2-8-25/h11,15-16H,1-10,12-13H2,(H,22,23,24). The molecule has 1 N–H and O–H groups in total. The van der Waals surface area contributed by atoms with Crippen LogP contribution in [0, 0.1) is 5.92 Å². The maximum atomic E-state index is 14.5. The lowest BCUT2D eigenvalue weighted by molar-refractivity contribution is -0.149. The van der Waals surface area contributed by atoms with Gasteiger partial charge in [-0.3, -0.25) is 4.79 Å². The van der Waals surface area contributed by atoms with Crippen molar-refractivity contribution in [2.75, 3.05) is 44.6 Å². The molecular weight excluding hydrogens is 345 g/mol. The van der Waals surface area contributed by atoms with Crippen LogP contribution >= 0.6 is 0 Å². The minimum Gasteiger partial charge on any atom is -0.353 e. The predicted octanol–water partition coefficient (Wildman–Crippen LogP) is 1.97. The monoisotopic (exact) mass is 373 g/mol. The van der Waals surface area contributed by atoms with Gasteiger partial charge in [-0.05, 0) is 63.1 Å². The van der Waals surface area contributed by atoms with E-state index < -0.39 is 5.67 Å². The predicted molar refractivity (Wildman–Crippen MR) is 100 cm³/mol. The molecule has 2 aliphatic carbocycles. The highest BCUT2D eigenvalue weighted by molar-refractivity contribution is 5.86. The summed E-state index contributed by atoms with van der Waals surface area (Å²) in [6.45, 7) is 5.51. The molecule has 5 rings (SSSR count). The number of nitrogens with zero attached hydrogens (tertiary/aromatic N) is 4. The lowest BCUT2D eigenvalue weighted by Gasteiger charge is -2.35. The number of halogens is 1. The third-order valence-electron chi connectivity index (χ3n) is 6.90. The highest BCUT2D eigenvalue weighted by atomic mass is 19.1. The lowest BCUT2D eigenvalue weighted by Crippen LogP contribution is -2.49. The van der Waals surface area contributed by atoms with Gasteiger partial charge in [-0.25, -0.2) is 14.4 Å². The number of carbonyl (C=O) groups excluding carboxylic acids is 1. The fraction of sp³-hybridized carbons (Fsp3) is 0.750. The Hall–Kier alpha value is -1.76. The Kier molecular flexibility index (Phi) is 4.30. The second-order valence-electron chi connectivity index (χ2n) is 8.68. The smallest absolute Gasteiger partial charge is 0.260 e. The van der Waals surface area contributed by atoms with Gasteiger partial charge >= 0.3 is 0 Å². The van der Waals surface area contributed by atoms with Crippen molar-refractivity contribution in [1.82, 2.24) is 19.8 Å². The van der Waals surface area contributed by atoms with Crippen LogP contribution in [0.3, 0.4) is 0 Å². The van der Waals surface area contributed by atoms with Gasteiger partial charge in [0.25, 0.3) is 5.91 Å². The third kappa shape index (κ3) is 3.10. The molecule has 6 nitrogen and oxygen atoms in total. The highest BCUT2D eigenvalue weighted by Gasteiger charge is 2.51. The Balaban J connectivity index is 1.23. The molecule has 2 aliphatic heterocycles. The summed E-state index contributed by atoms with van der Waals surface area (Å²) in [5.41, 5.74) is 0.673. The van der Waals surface area contributed by atoms with Crippen LogP contribution in [0.15, 0.2) is 6.20 Å². The summed E-state index contributed by atoms with van der Waals surface area (Å²) in [7, 11) is 0. The summed E-state index contributed by atoms with van der Waals surface area (Å²) >= 11 is 0. The number of hydrogen-bond donors (Lipinski definition) is 1. The molecule has 0 bridgehead atoms. The normalized spacial score (nSPS) is 28.7. The number of nitrogens with one attached hydrogen (secondary N) is 1. The Labute approximate surface area is 159 Å². The summed E-state index contributed by atoms with van der Waals surface area (Å²) in [6, 6.07) is 0. The molecule has 1 saturated carbocycles. The quantitative estimate of drug-likeness (QED) is 0.855. The van der Waals surface area contributed by atoms with Crippen molar-refractivity contribution in [1.29, 1.82) is 0 Å². The van der Waals surface area contributed by atoms with Crippen LogP contribution in [0.1, 0.15) is 49.3 Å².